The molecule has 0 aliphatic heterocycles. The summed E-state index contributed by atoms with van der Waals surface area (Å²) in [7, 11) is 0. The molecule has 0 saturated heterocycles. The van der Waals surface area contributed by atoms with Gasteiger partial charge in [0.2, 0.25) is 0 Å². The molecule has 3 aromatic carbocycles. The van der Waals surface area contributed by atoms with E-state index in [9.17, 15) is 18.8 Å². The Bertz CT molecular complexity index is 1480. The van der Waals surface area contributed by atoms with Crippen LogP contribution in [0.4, 0.5) is 14.5 Å². The molecule has 0 fully saturated rings. The lowest BCUT2D eigenvalue weighted by Gasteiger charge is -2.17. The topological polar surface area (TPSA) is 69.0 Å². The third-order valence-corrected chi connectivity index (χ3v) is 6.99. The van der Waals surface area contributed by atoms with Crippen LogP contribution in [0.1, 0.15) is 71.5 Å². The summed E-state index contributed by atoms with van der Waals surface area (Å²) in [4.78, 5) is 16.3. The second kappa shape index (κ2) is 10.4. The molecule has 0 radical (unpaired) electrons. The number of hydrogen-bond donors (Lipinski definition) is 3. The molecule has 1 aromatic heterocycles. The van der Waals surface area contributed by atoms with Crippen molar-refractivity contribution in [1.29, 1.82) is 0 Å². The molecule has 1 amide bonds. The minimum absolute atomic E-state index is 0.00536. The van der Waals surface area contributed by atoms with Crippen LogP contribution in [0.15, 0.2) is 60.7 Å². The number of aromatic nitrogens is 2. The number of aryl methyl sites for hydroxylation is 3. The van der Waals surface area contributed by atoms with E-state index in [2.05, 4.69) is 56.2 Å². The van der Waals surface area contributed by atoms with E-state index in [1.807, 2.05) is 18.2 Å². The second-order valence-corrected chi connectivity index (χ2v) is 10.1. The number of carbonyl (C=O) groups is 1. The third kappa shape index (κ3) is 5.05. The van der Waals surface area contributed by atoms with Crippen LogP contribution in [0.25, 0.3) is 22.5 Å². The molecular formula is C31H34F2N3O2+. The Morgan fingerprint density at radius 1 is 1.03 bits per heavy atom. The van der Waals surface area contributed by atoms with Crippen LogP contribution in [-0.2, 0) is 5.92 Å². The average molecular weight is 519 g/mol. The lowest BCUT2D eigenvalue weighted by molar-refractivity contribution is -0.896. The summed E-state index contributed by atoms with van der Waals surface area (Å²) in [5, 5.41) is 13.7. The van der Waals surface area contributed by atoms with E-state index < -0.39 is 11.8 Å². The van der Waals surface area contributed by atoms with Crippen molar-refractivity contribution in [3.05, 3.63) is 94.3 Å². The van der Waals surface area contributed by atoms with Crippen molar-refractivity contribution in [3.8, 4) is 22.5 Å². The molecule has 7 heteroatoms. The van der Waals surface area contributed by atoms with Gasteiger partial charge in [-0.2, -0.15) is 0 Å². The number of amides is 1. The molecule has 0 atom stereocenters. The van der Waals surface area contributed by atoms with Crippen molar-refractivity contribution >= 4 is 11.6 Å². The van der Waals surface area contributed by atoms with Crippen LogP contribution in [0.3, 0.4) is 0 Å². The summed E-state index contributed by atoms with van der Waals surface area (Å²) >= 11 is 0. The Morgan fingerprint density at radius 2 is 1.68 bits per heavy atom. The van der Waals surface area contributed by atoms with Crippen LogP contribution in [0.5, 0.6) is 0 Å². The van der Waals surface area contributed by atoms with Crippen molar-refractivity contribution in [2.24, 2.45) is 0 Å². The maximum Gasteiger partial charge on any atom is 0.327 e. The van der Waals surface area contributed by atoms with E-state index >= 15 is 0 Å². The first-order valence-corrected chi connectivity index (χ1v) is 12.8. The Balaban J connectivity index is 1.74. The quantitative estimate of drug-likeness (QED) is 0.173. The highest BCUT2D eigenvalue weighted by atomic mass is 19.3. The van der Waals surface area contributed by atoms with Gasteiger partial charge in [0.1, 0.15) is 0 Å². The number of H-pyrrole nitrogens is 1. The number of carbonyl (C=O) groups excluding carboxylic acids is 1. The fraction of sp³-hybridized carbons (Fsp3) is 0.290. The first kappa shape index (κ1) is 27.0. The highest BCUT2D eigenvalue weighted by molar-refractivity contribution is 6.02. The first-order valence-electron chi connectivity index (χ1n) is 12.8. The number of imidazole rings is 1. The molecule has 3 N–H and O–H groups in total. The van der Waals surface area contributed by atoms with E-state index in [0.29, 0.717) is 17.1 Å². The van der Waals surface area contributed by atoms with Crippen molar-refractivity contribution in [2.75, 3.05) is 5.32 Å². The van der Waals surface area contributed by atoms with E-state index in [1.54, 1.807) is 13.0 Å². The second-order valence-electron chi connectivity index (χ2n) is 10.1. The number of halogens is 2. The van der Waals surface area contributed by atoms with Gasteiger partial charge in [-0.3, -0.25) is 4.79 Å². The minimum atomic E-state index is -3.00. The van der Waals surface area contributed by atoms with Crippen molar-refractivity contribution in [2.45, 2.75) is 59.8 Å². The van der Waals surface area contributed by atoms with Gasteiger partial charge in [0.05, 0.1) is 5.56 Å². The smallest absolute Gasteiger partial charge is 0.327 e. The Kier molecular flexibility index (Phi) is 7.40. The zero-order valence-corrected chi connectivity index (χ0v) is 22.6. The number of rotatable bonds is 7. The van der Waals surface area contributed by atoms with Crippen molar-refractivity contribution in [1.82, 2.24) is 4.98 Å². The molecule has 0 saturated carbocycles. The summed E-state index contributed by atoms with van der Waals surface area (Å²) in [6, 6.07) is 17.8. The Labute approximate surface area is 222 Å². The van der Waals surface area contributed by atoms with Crippen LogP contribution < -0.4 is 10.0 Å². The van der Waals surface area contributed by atoms with Gasteiger partial charge in [-0.25, -0.2) is 13.8 Å². The molecule has 198 valence electrons. The number of alkyl halides is 2. The molecule has 38 heavy (non-hydrogen) atoms. The fourth-order valence-electron chi connectivity index (χ4n) is 4.90. The monoisotopic (exact) mass is 518 g/mol. The van der Waals surface area contributed by atoms with Gasteiger partial charge in [0.25, 0.3) is 11.6 Å². The van der Waals surface area contributed by atoms with Gasteiger partial charge < -0.3 is 10.5 Å². The average Bonchev–Trinajstić information content (AvgIpc) is 3.17. The van der Waals surface area contributed by atoms with Crippen LogP contribution in [0.2, 0.25) is 0 Å². The van der Waals surface area contributed by atoms with Gasteiger partial charge in [-0.05, 0) is 76.6 Å². The van der Waals surface area contributed by atoms with E-state index in [4.69, 9.17) is 0 Å². The fourth-order valence-corrected chi connectivity index (χ4v) is 4.90. The van der Waals surface area contributed by atoms with Gasteiger partial charge in [-0.1, -0.05) is 57.2 Å². The number of anilines is 1. The predicted octanol–water partition coefficient (Wildman–Crippen LogP) is 7.68. The molecule has 1 heterocycles. The number of benzene rings is 3. The lowest BCUT2D eigenvalue weighted by Crippen LogP contribution is -2.39. The molecule has 0 aliphatic rings. The molecule has 5 nitrogen and oxygen atoms in total. The Hall–Kier alpha value is -4.00. The standard InChI is InChI=1S/C31H33F2N3O2/c1-7-31(32,33)23-12-9-13-24(17-23)35-30(37)28-21(6)34-29(36(28)38)22-14-15-25(18(2)3)26(16-22)27-19(4)10-8-11-20(27)5/h8-18,38H,7H2,1-6H3,(H,35,37)/p+1. The van der Waals surface area contributed by atoms with E-state index in [1.165, 1.54) is 30.7 Å². The van der Waals surface area contributed by atoms with Crippen LogP contribution >= 0.6 is 0 Å². The van der Waals surface area contributed by atoms with E-state index in [0.717, 1.165) is 27.0 Å². The first-order chi connectivity index (χ1) is 17.9. The molecule has 4 rings (SSSR count). The summed E-state index contributed by atoms with van der Waals surface area (Å²) in [5.74, 6) is -2.98. The predicted molar refractivity (Wildman–Crippen MR) is 146 cm³/mol. The molecular weight excluding hydrogens is 484 g/mol. The zero-order chi connectivity index (χ0) is 27.8. The van der Waals surface area contributed by atoms with Gasteiger partial charge in [0.15, 0.2) is 5.69 Å². The summed E-state index contributed by atoms with van der Waals surface area (Å²) in [5.41, 5.74) is 6.89. The molecule has 0 unspecified atom stereocenters. The summed E-state index contributed by atoms with van der Waals surface area (Å²) in [6.07, 6.45) is -0.346. The van der Waals surface area contributed by atoms with Gasteiger partial charge in [-0.15, -0.1) is 0 Å². The van der Waals surface area contributed by atoms with Gasteiger partial charge >= 0.3 is 11.7 Å². The highest BCUT2D eigenvalue weighted by Gasteiger charge is 2.32. The SMILES string of the molecule is CCC(F)(F)c1cccc(NC(=O)c2c(C)[nH]c(-c3ccc(C(C)C)c(-c4c(C)cccc4C)c3)[n+]2O)c1. The number of nitrogens with one attached hydrogen (secondary N) is 2. The molecule has 4 aromatic rings. The van der Waals surface area contributed by atoms with Crippen molar-refractivity contribution in [3.63, 3.8) is 0 Å². The third-order valence-electron chi connectivity index (χ3n) is 6.99. The number of aromatic amines is 1. The highest BCUT2D eigenvalue weighted by Crippen LogP contribution is 2.36. The molecule has 0 aliphatic carbocycles. The normalized spacial score (nSPS) is 11.7. The number of nitrogens with zero attached hydrogens (tertiary/aromatic N) is 1. The maximum atomic E-state index is 14.2. The van der Waals surface area contributed by atoms with Gasteiger partial charge in [0, 0.05) is 24.6 Å². The van der Waals surface area contributed by atoms with Crippen LogP contribution in [-0.4, -0.2) is 16.1 Å². The Morgan fingerprint density at radius 3 is 2.32 bits per heavy atom. The van der Waals surface area contributed by atoms with E-state index in [-0.39, 0.29) is 29.3 Å². The molecule has 0 bridgehead atoms. The summed E-state index contributed by atoms with van der Waals surface area (Å²) in [6.45, 7) is 11.5. The van der Waals surface area contributed by atoms with Crippen LogP contribution in [0, 0.1) is 20.8 Å². The summed E-state index contributed by atoms with van der Waals surface area (Å²) < 4.78 is 29.2. The maximum absolute atomic E-state index is 14.2. The minimum Gasteiger partial charge on any atom is -0.349 e. The molecule has 0 spiro atoms. The largest absolute Gasteiger partial charge is 0.349 e. The van der Waals surface area contributed by atoms with Crippen molar-refractivity contribution < 1.29 is 23.5 Å². The number of hydrogen-bond acceptors (Lipinski definition) is 2. The lowest BCUT2D eigenvalue weighted by atomic mass is 9.87. The zero-order valence-electron chi connectivity index (χ0n) is 22.6.